The van der Waals surface area contributed by atoms with Gasteiger partial charge in [0.2, 0.25) is 0 Å². The van der Waals surface area contributed by atoms with Crippen LogP contribution in [0.2, 0.25) is 0 Å². The summed E-state index contributed by atoms with van der Waals surface area (Å²) in [6, 6.07) is 10.7. The summed E-state index contributed by atoms with van der Waals surface area (Å²) >= 11 is 0. The van der Waals surface area contributed by atoms with Crippen molar-refractivity contribution in [2.75, 3.05) is 7.11 Å². The van der Waals surface area contributed by atoms with Gasteiger partial charge < -0.3 is 9.47 Å². The summed E-state index contributed by atoms with van der Waals surface area (Å²) < 4.78 is 12.6. The minimum absolute atomic E-state index is 0.257. The number of pyridine rings is 1. The summed E-state index contributed by atoms with van der Waals surface area (Å²) in [7, 11) is 1.46. The van der Waals surface area contributed by atoms with Gasteiger partial charge in [0.15, 0.2) is 5.75 Å². The van der Waals surface area contributed by atoms with Crippen LogP contribution in [0.25, 0.3) is 5.70 Å². The SMILES string of the molecule is COc1cccn(C2=CC(C)(C)Oc3ccc(C#N)cc32)c1=O. The number of rotatable bonds is 2. The van der Waals surface area contributed by atoms with Crippen molar-refractivity contribution < 1.29 is 9.47 Å². The van der Waals surface area contributed by atoms with E-state index in [1.165, 1.54) is 11.7 Å². The summed E-state index contributed by atoms with van der Waals surface area (Å²) in [6.45, 7) is 3.83. The van der Waals surface area contributed by atoms with Gasteiger partial charge in [-0.1, -0.05) is 0 Å². The molecule has 0 atom stereocenters. The average Bonchev–Trinajstić information content (AvgIpc) is 2.53. The molecule has 5 nitrogen and oxygen atoms in total. The van der Waals surface area contributed by atoms with Gasteiger partial charge in [-0.05, 0) is 50.3 Å². The maximum absolute atomic E-state index is 12.6. The number of nitrogens with zero attached hydrogens (tertiary/aromatic N) is 2. The molecule has 1 aliphatic rings. The van der Waals surface area contributed by atoms with E-state index in [-0.39, 0.29) is 11.3 Å². The van der Waals surface area contributed by atoms with Crippen LogP contribution in [0.3, 0.4) is 0 Å². The highest BCUT2D eigenvalue weighted by Crippen LogP contribution is 2.36. The molecule has 0 saturated heterocycles. The fourth-order valence-corrected chi connectivity index (χ4v) is 2.63. The number of benzene rings is 1. The average molecular weight is 308 g/mol. The molecule has 0 saturated carbocycles. The van der Waals surface area contributed by atoms with Gasteiger partial charge >= 0.3 is 0 Å². The molecule has 116 valence electrons. The first kappa shape index (κ1) is 14.9. The van der Waals surface area contributed by atoms with Crippen LogP contribution in [0, 0.1) is 11.3 Å². The Labute approximate surface area is 134 Å². The van der Waals surface area contributed by atoms with Gasteiger partial charge in [-0.15, -0.1) is 0 Å². The van der Waals surface area contributed by atoms with E-state index in [9.17, 15) is 4.79 Å². The number of aromatic nitrogens is 1. The Hall–Kier alpha value is -3.00. The van der Waals surface area contributed by atoms with Gasteiger partial charge in [0.05, 0.1) is 24.4 Å². The highest BCUT2D eigenvalue weighted by molar-refractivity contribution is 5.74. The van der Waals surface area contributed by atoms with Crippen LogP contribution in [0.5, 0.6) is 11.5 Å². The third kappa shape index (κ3) is 2.59. The van der Waals surface area contributed by atoms with Gasteiger partial charge in [0.25, 0.3) is 5.56 Å². The summed E-state index contributed by atoms with van der Waals surface area (Å²) in [4.78, 5) is 12.6. The van der Waals surface area contributed by atoms with Crippen molar-refractivity contribution in [1.29, 1.82) is 5.26 Å². The molecule has 1 aliphatic heterocycles. The topological polar surface area (TPSA) is 64.2 Å². The lowest BCUT2D eigenvalue weighted by molar-refractivity contribution is 0.157. The third-order valence-corrected chi connectivity index (χ3v) is 3.63. The summed E-state index contributed by atoms with van der Waals surface area (Å²) in [5.41, 5.74) is 1.07. The zero-order valence-electron chi connectivity index (χ0n) is 13.2. The van der Waals surface area contributed by atoms with E-state index in [1.807, 2.05) is 19.9 Å². The molecule has 1 aromatic heterocycles. The van der Waals surface area contributed by atoms with Gasteiger partial charge in [-0.25, -0.2) is 0 Å². The molecule has 0 radical (unpaired) electrons. The van der Waals surface area contributed by atoms with E-state index in [4.69, 9.17) is 14.7 Å². The smallest absolute Gasteiger partial charge is 0.297 e. The highest BCUT2D eigenvalue weighted by atomic mass is 16.5. The number of ether oxygens (including phenoxy) is 2. The van der Waals surface area contributed by atoms with E-state index < -0.39 is 5.60 Å². The summed E-state index contributed by atoms with van der Waals surface area (Å²) in [6.07, 6.45) is 3.55. The Morgan fingerprint density at radius 3 is 2.78 bits per heavy atom. The third-order valence-electron chi connectivity index (χ3n) is 3.63. The lowest BCUT2D eigenvalue weighted by Crippen LogP contribution is -2.32. The molecule has 0 unspecified atom stereocenters. The normalized spacial score (nSPS) is 15.0. The number of fused-ring (bicyclic) bond motifs is 1. The summed E-state index contributed by atoms with van der Waals surface area (Å²) in [5, 5.41) is 9.14. The van der Waals surface area contributed by atoms with Gasteiger partial charge in [0.1, 0.15) is 11.4 Å². The molecule has 0 fully saturated rings. The second kappa shape index (κ2) is 5.33. The van der Waals surface area contributed by atoms with Crippen LogP contribution in [0.15, 0.2) is 47.4 Å². The molecule has 3 rings (SSSR count). The van der Waals surface area contributed by atoms with E-state index in [2.05, 4.69) is 6.07 Å². The lowest BCUT2D eigenvalue weighted by atomic mass is 9.97. The van der Waals surface area contributed by atoms with Crippen molar-refractivity contribution in [1.82, 2.24) is 4.57 Å². The van der Waals surface area contributed by atoms with Gasteiger partial charge in [0, 0.05) is 11.8 Å². The molecule has 0 N–H and O–H groups in total. The van der Waals surface area contributed by atoms with E-state index in [1.54, 1.807) is 36.5 Å². The van der Waals surface area contributed by atoms with Crippen LogP contribution >= 0.6 is 0 Å². The monoisotopic (exact) mass is 308 g/mol. The zero-order valence-corrected chi connectivity index (χ0v) is 13.2. The largest absolute Gasteiger partial charge is 0.491 e. The molecular formula is C18H16N2O3. The molecule has 1 aromatic carbocycles. The zero-order chi connectivity index (χ0) is 16.6. The van der Waals surface area contributed by atoms with Crippen LogP contribution in [-0.2, 0) is 0 Å². The van der Waals surface area contributed by atoms with Crippen LogP contribution in [0.1, 0.15) is 25.0 Å². The fraction of sp³-hybridized carbons (Fsp3) is 0.222. The number of hydrogen-bond donors (Lipinski definition) is 0. The minimum atomic E-state index is -0.570. The Kier molecular flexibility index (Phi) is 3.45. The number of methoxy groups -OCH3 is 1. The van der Waals surface area contributed by atoms with Gasteiger partial charge in [-0.2, -0.15) is 5.26 Å². The second-order valence-electron chi connectivity index (χ2n) is 5.81. The Balaban J connectivity index is 2.28. The molecule has 2 heterocycles. The molecule has 0 aliphatic carbocycles. The standard InChI is InChI=1S/C18H16N2O3/c1-18(2)10-14(20-8-4-5-16(22-3)17(20)21)13-9-12(11-19)6-7-15(13)23-18/h4-10H,1-3H3. The summed E-state index contributed by atoms with van der Waals surface area (Å²) in [5.74, 6) is 0.900. The molecule has 0 spiro atoms. The molecule has 5 heteroatoms. The minimum Gasteiger partial charge on any atom is -0.491 e. The predicted octanol–water partition coefficient (Wildman–Crippen LogP) is 2.79. The maximum Gasteiger partial charge on any atom is 0.297 e. The highest BCUT2D eigenvalue weighted by Gasteiger charge is 2.28. The quantitative estimate of drug-likeness (QED) is 0.855. The Morgan fingerprint density at radius 1 is 1.30 bits per heavy atom. The van der Waals surface area contributed by atoms with Crippen molar-refractivity contribution in [3.8, 4) is 17.6 Å². The lowest BCUT2D eigenvalue weighted by Gasteiger charge is -2.31. The Bertz CT molecular complexity index is 901. The van der Waals surface area contributed by atoms with Crippen LogP contribution in [-0.4, -0.2) is 17.3 Å². The van der Waals surface area contributed by atoms with Crippen molar-refractivity contribution in [3.05, 3.63) is 64.1 Å². The van der Waals surface area contributed by atoms with Crippen molar-refractivity contribution in [2.24, 2.45) is 0 Å². The van der Waals surface area contributed by atoms with E-state index in [0.717, 1.165) is 0 Å². The van der Waals surface area contributed by atoms with Crippen LogP contribution < -0.4 is 15.0 Å². The number of hydrogen-bond acceptors (Lipinski definition) is 4. The van der Waals surface area contributed by atoms with Crippen molar-refractivity contribution in [3.63, 3.8) is 0 Å². The first-order valence-electron chi connectivity index (χ1n) is 7.17. The van der Waals surface area contributed by atoms with Crippen molar-refractivity contribution >= 4 is 5.70 Å². The first-order valence-corrected chi connectivity index (χ1v) is 7.17. The van der Waals surface area contributed by atoms with E-state index >= 15 is 0 Å². The fourth-order valence-electron chi connectivity index (χ4n) is 2.63. The second-order valence-corrected chi connectivity index (χ2v) is 5.81. The molecule has 0 bridgehead atoms. The predicted molar refractivity (Wildman–Crippen MR) is 86.5 cm³/mol. The number of nitriles is 1. The van der Waals surface area contributed by atoms with Crippen molar-refractivity contribution in [2.45, 2.75) is 19.4 Å². The molecular weight excluding hydrogens is 292 g/mol. The maximum atomic E-state index is 12.6. The molecule has 2 aromatic rings. The van der Waals surface area contributed by atoms with E-state index in [0.29, 0.717) is 22.6 Å². The molecule has 0 amide bonds. The van der Waals surface area contributed by atoms with Gasteiger partial charge in [-0.3, -0.25) is 9.36 Å². The molecule has 23 heavy (non-hydrogen) atoms. The Morgan fingerprint density at radius 2 is 2.09 bits per heavy atom. The van der Waals surface area contributed by atoms with Crippen LogP contribution in [0.4, 0.5) is 0 Å². The first-order chi connectivity index (χ1) is 10.9.